The van der Waals surface area contributed by atoms with Gasteiger partial charge in [0.2, 0.25) is 5.91 Å². The van der Waals surface area contributed by atoms with E-state index in [0.717, 1.165) is 28.3 Å². The third kappa shape index (κ3) is 5.62. The van der Waals surface area contributed by atoms with Gasteiger partial charge in [0.05, 0.1) is 35.5 Å². The van der Waals surface area contributed by atoms with Gasteiger partial charge in [0.25, 0.3) is 5.69 Å². The number of ether oxygens (including phenoxy) is 1. The van der Waals surface area contributed by atoms with Gasteiger partial charge in [-0.15, -0.1) is 0 Å². The van der Waals surface area contributed by atoms with E-state index in [1.165, 1.54) is 12.1 Å². The van der Waals surface area contributed by atoms with E-state index in [-0.39, 0.29) is 30.1 Å². The van der Waals surface area contributed by atoms with Crippen molar-refractivity contribution in [3.05, 3.63) is 112 Å². The molecule has 0 unspecified atom stereocenters. The molecule has 1 aliphatic rings. The first-order valence-corrected chi connectivity index (χ1v) is 13.5. The summed E-state index contributed by atoms with van der Waals surface area (Å²) in [6.45, 7) is 4.29. The van der Waals surface area contributed by atoms with Crippen LogP contribution in [-0.2, 0) is 4.79 Å². The van der Waals surface area contributed by atoms with Gasteiger partial charge in [-0.05, 0) is 68.0 Å². The van der Waals surface area contributed by atoms with Crippen LogP contribution in [0.4, 0.5) is 11.4 Å². The summed E-state index contributed by atoms with van der Waals surface area (Å²) in [7, 11) is 1.54. The number of para-hydroxylation sites is 1. The molecule has 4 aromatic rings. The molecule has 0 spiro atoms. The molecule has 1 amide bonds. The van der Waals surface area contributed by atoms with Crippen molar-refractivity contribution >= 4 is 34.6 Å². The van der Waals surface area contributed by atoms with Gasteiger partial charge in [-0.1, -0.05) is 24.3 Å². The Morgan fingerprint density at radius 1 is 1.12 bits per heavy atom. The predicted octanol–water partition coefficient (Wildman–Crippen LogP) is 5.41. The van der Waals surface area contributed by atoms with Crippen LogP contribution in [0, 0.1) is 24.0 Å². The second-order valence-corrected chi connectivity index (χ2v) is 10.1. The molecule has 0 bridgehead atoms. The SMILES string of the molecule is COc1ccc([N+](=O)[O-])cc1-n1c(C)cc([C@H]2[C@H](c3ccccn3)NC(=S)N2CCC(=O)Nc2ccccc2)c1C. The molecule has 210 valence electrons. The first-order chi connectivity index (χ1) is 19.8. The van der Waals surface area contributed by atoms with Crippen LogP contribution >= 0.6 is 12.2 Å². The van der Waals surface area contributed by atoms with E-state index in [9.17, 15) is 14.9 Å². The van der Waals surface area contributed by atoms with E-state index >= 15 is 0 Å². The Labute approximate surface area is 243 Å². The third-order valence-electron chi connectivity index (χ3n) is 7.24. The minimum Gasteiger partial charge on any atom is -0.495 e. The van der Waals surface area contributed by atoms with Gasteiger partial charge in [0.15, 0.2) is 5.11 Å². The normalized spacial score (nSPS) is 16.4. The van der Waals surface area contributed by atoms with Gasteiger partial charge < -0.3 is 24.8 Å². The van der Waals surface area contributed by atoms with E-state index in [4.69, 9.17) is 17.0 Å². The number of nitro groups is 1. The topological polar surface area (TPSA) is 115 Å². The van der Waals surface area contributed by atoms with Gasteiger partial charge in [0.1, 0.15) is 5.75 Å². The fourth-order valence-corrected chi connectivity index (χ4v) is 5.71. The monoisotopic (exact) mass is 570 g/mol. The summed E-state index contributed by atoms with van der Waals surface area (Å²) >= 11 is 5.79. The molecule has 2 N–H and O–H groups in total. The van der Waals surface area contributed by atoms with Crippen molar-refractivity contribution in [2.24, 2.45) is 0 Å². The highest BCUT2D eigenvalue weighted by molar-refractivity contribution is 7.80. The Kier molecular flexibility index (Phi) is 7.97. The number of nitrogens with zero attached hydrogens (tertiary/aromatic N) is 4. The van der Waals surface area contributed by atoms with Crippen molar-refractivity contribution in [2.45, 2.75) is 32.4 Å². The number of nitro benzene ring substituents is 1. The summed E-state index contributed by atoms with van der Waals surface area (Å²) in [4.78, 5) is 30.6. The molecule has 1 saturated heterocycles. The molecule has 0 aliphatic carbocycles. The average molecular weight is 571 g/mol. The highest BCUT2D eigenvalue weighted by Crippen LogP contribution is 2.42. The van der Waals surface area contributed by atoms with E-state index in [2.05, 4.69) is 21.7 Å². The number of carbonyl (C=O) groups is 1. The standard InChI is InChI=1S/C30H30N6O4S/c1-19-17-23(20(2)35(19)25-18-22(36(38)39)12-13-26(25)40-3)29-28(24-11-7-8-15-31-24)33-30(41)34(29)16-14-27(37)32-21-9-5-4-6-10-21/h4-13,15,17-18,28-29H,14,16H2,1-3H3,(H,32,37)(H,33,41)/t28-,29-/m0/s1. The number of carbonyl (C=O) groups excluding carboxylic acids is 1. The minimum atomic E-state index is -0.420. The Bertz CT molecular complexity index is 1590. The number of anilines is 1. The van der Waals surface area contributed by atoms with Crippen molar-refractivity contribution < 1.29 is 14.5 Å². The molecule has 2 atom stereocenters. The smallest absolute Gasteiger partial charge is 0.271 e. The van der Waals surface area contributed by atoms with Crippen LogP contribution in [-0.4, -0.2) is 44.0 Å². The number of amides is 1. The zero-order chi connectivity index (χ0) is 29.1. The first-order valence-electron chi connectivity index (χ1n) is 13.1. The number of pyridine rings is 1. The Balaban J connectivity index is 1.53. The van der Waals surface area contributed by atoms with Gasteiger partial charge in [-0.2, -0.15) is 0 Å². The van der Waals surface area contributed by atoms with Crippen molar-refractivity contribution in [2.75, 3.05) is 19.0 Å². The molecule has 0 saturated carbocycles. The van der Waals surface area contributed by atoms with Crippen molar-refractivity contribution in [1.29, 1.82) is 0 Å². The number of aryl methyl sites for hydroxylation is 1. The van der Waals surface area contributed by atoms with Gasteiger partial charge in [0, 0.05) is 48.4 Å². The zero-order valence-corrected chi connectivity index (χ0v) is 23.7. The summed E-state index contributed by atoms with van der Waals surface area (Å²) in [5.41, 5.74) is 4.79. The molecule has 0 radical (unpaired) electrons. The van der Waals surface area contributed by atoms with Gasteiger partial charge in [-0.3, -0.25) is 19.9 Å². The Morgan fingerprint density at radius 3 is 2.56 bits per heavy atom. The lowest BCUT2D eigenvalue weighted by Crippen LogP contribution is -2.32. The van der Waals surface area contributed by atoms with Crippen LogP contribution in [0.5, 0.6) is 5.75 Å². The second-order valence-electron chi connectivity index (χ2n) is 9.76. The maximum absolute atomic E-state index is 12.9. The quantitative estimate of drug-likeness (QED) is 0.156. The molecule has 2 aromatic carbocycles. The van der Waals surface area contributed by atoms with E-state index in [1.54, 1.807) is 19.4 Å². The number of non-ortho nitro benzene ring substituents is 1. The average Bonchev–Trinajstić information content (AvgIpc) is 3.46. The van der Waals surface area contributed by atoms with E-state index in [0.29, 0.717) is 23.1 Å². The fourth-order valence-electron chi connectivity index (χ4n) is 5.38. The largest absolute Gasteiger partial charge is 0.495 e. The third-order valence-corrected chi connectivity index (χ3v) is 7.59. The van der Waals surface area contributed by atoms with Crippen LogP contribution in [0.1, 0.15) is 41.1 Å². The molecule has 1 fully saturated rings. The second kappa shape index (κ2) is 11.8. The van der Waals surface area contributed by atoms with Crippen LogP contribution in [0.25, 0.3) is 5.69 Å². The number of thiocarbonyl (C=S) groups is 1. The summed E-state index contributed by atoms with van der Waals surface area (Å²) in [6, 6.07) is 21.1. The maximum atomic E-state index is 12.9. The van der Waals surface area contributed by atoms with Crippen LogP contribution in [0.15, 0.2) is 79.0 Å². The van der Waals surface area contributed by atoms with Crippen LogP contribution in [0.3, 0.4) is 0 Å². The molecule has 1 aliphatic heterocycles. The number of hydrogen-bond acceptors (Lipinski definition) is 6. The maximum Gasteiger partial charge on any atom is 0.271 e. The minimum absolute atomic E-state index is 0.0315. The number of benzene rings is 2. The molecule has 41 heavy (non-hydrogen) atoms. The molecule has 3 heterocycles. The Morgan fingerprint density at radius 2 is 1.88 bits per heavy atom. The number of hydrogen-bond donors (Lipinski definition) is 2. The lowest BCUT2D eigenvalue weighted by Gasteiger charge is -2.28. The Hall–Kier alpha value is -4.77. The number of rotatable bonds is 9. The van der Waals surface area contributed by atoms with Crippen molar-refractivity contribution in [1.82, 2.24) is 19.8 Å². The van der Waals surface area contributed by atoms with Gasteiger partial charge >= 0.3 is 0 Å². The van der Waals surface area contributed by atoms with E-state index < -0.39 is 4.92 Å². The van der Waals surface area contributed by atoms with Crippen LogP contribution < -0.4 is 15.4 Å². The highest BCUT2D eigenvalue weighted by atomic mass is 32.1. The van der Waals surface area contributed by atoms with Gasteiger partial charge in [-0.25, -0.2) is 0 Å². The van der Waals surface area contributed by atoms with Crippen molar-refractivity contribution in [3.8, 4) is 11.4 Å². The molecule has 5 rings (SSSR count). The predicted molar refractivity (Wildman–Crippen MR) is 160 cm³/mol. The first kappa shape index (κ1) is 27.8. The zero-order valence-electron chi connectivity index (χ0n) is 22.9. The number of nitrogens with one attached hydrogen (secondary N) is 2. The summed E-state index contributed by atoms with van der Waals surface area (Å²) in [6.07, 6.45) is 1.96. The summed E-state index contributed by atoms with van der Waals surface area (Å²) in [5.74, 6) is 0.394. The lowest BCUT2D eigenvalue weighted by molar-refractivity contribution is -0.384. The fraction of sp³-hybridized carbons (Fsp3) is 0.233. The molecular weight excluding hydrogens is 540 g/mol. The summed E-state index contributed by atoms with van der Waals surface area (Å²) < 4.78 is 7.54. The molecular formula is C30H30N6O4S. The highest BCUT2D eigenvalue weighted by Gasteiger charge is 2.41. The van der Waals surface area contributed by atoms with Crippen molar-refractivity contribution in [3.63, 3.8) is 0 Å². The van der Waals surface area contributed by atoms with E-state index in [1.807, 2.05) is 71.8 Å². The lowest BCUT2D eigenvalue weighted by atomic mass is 9.96. The molecule has 11 heteroatoms. The number of aromatic nitrogens is 2. The molecule has 2 aromatic heterocycles. The van der Waals surface area contributed by atoms with Crippen LogP contribution in [0.2, 0.25) is 0 Å². The summed E-state index contributed by atoms with van der Waals surface area (Å²) in [5, 5.41) is 18.5. The molecule has 10 nitrogen and oxygen atoms in total. The number of methoxy groups -OCH3 is 1.